The van der Waals surface area contributed by atoms with Crippen molar-refractivity contribution >= 4 is 21.7 Å². The maximum Gasteiger partial charge on any atom is 0.225 e. The Kier molecular flexibility index (Phi) is 6.14. The number of piperazine rings is 1. The lowest BCUT2D eigenvalue weighted by molar-refractivity contribution is 0.371. The monoisotopic (exact) mass is 340 g/mol. The quantitative estimate of drug-likeness (QED) is 0.576. The summed E-state index contributed by atoms with van der Waals surface area (Å²) >= 11 is 0. The molecule has 0 amide bonds. The number of sulfone groups is 1. The Bertz CT molecular complexity index is 611. The maximum absolute atomic E-state index is 11.5. The normalized spacial score (nSPS) is 16.5. The highest BCUT2D eigenvalue weighted by Gasteiger charge is 2.21. The first kappa shape index (κ1) is 17.5. The summed E-state index contributed by atoms with van der Waals surface area (Å²) < 4.78 is 23.1. The van der Waals surface area contributed by atoms with E-state index in [9.17, 15) is 8.42 Å². The smallest absolute Gasteiger partial charge is 0.225 e. The molecule has 0 atom stereocenters. The summed E-state index contributed by atoms with van der Waals surface area (Å²) in [5.41, 5.74) is 0. The van der Waals surface area contributed by atoms with Crippen molar-refractivity contribution in [2.75, 3.05) is 56.2 Å². The van der Waals surface area contributed by atoms with E-state index in [1.807, 2.05) is 0 Å². The number of nitrogens with one attached hydrogen (secondary N) is 1. The molecule has 0 radical (unpaired) electrons. The molecule has 0 aliphatic carbocycles. The average molecular weight is 340 g/mol. The van der Waals surface area contributed by atoms with Gasteiger partial charge in [0, 0.05) is 57.9 Å². The van der Waals surface area contributed by atoms with Crippen LogP contribution in [0.1, 0.15) is 6.92 Å². The molecule has 1 aromatic rings. The summed E-state index contributed by atoms with van der Waals surface area (Å²) in [6.07, 6.45) is 3.48. The first-order chi connectivity index (χ1) is 11.1. The van der Waals surface area contributed by atoms with Crippen LogP contribution in [0.25, 0.3) is 0 Å². The fourth-order valence-corrected chi connectivity index (χ4v) is 3.07. The molecule has 1 N–H and O–H groups in total. The molecular formula is C14H24N6O2S. The number of rotatable bonds is 5. The highest BCUT2D eigenvalue weighted by atomic mass is 32.2. The maximum atomic E-state index is 11.5. The van der Waals surface area contributed by atoms with E-state index in [-0.39, 0.29) is 11.5 Å². The second-order valence-electron chi connectivity index (χ2n) is 5.23. The van der Waals surface area contributed by atoms with E-state index in [1.54, 1.807) is 32.4 Å². The first-order valence-corrected chi connectivity index (χ1v) is 9.56. The minimum Gasteiger partial charge on any atom is -0.355 e. The number of anilines is 1. The standard InChI is InChI=1S/C14H24N6O2S/c1-3-23(21,22)12-7-18-13(15-2)19-8-10-20(11-9-19)14-16-5-4-6-17-14/h4-6H,3,7-12H2,1-2H3,(H,15,18). The molecule has 1 aromatic heterocycles. The van der Waals surface area contributed by atoms with Crippen LogP contribution in [-0.4, -0.2) is 80.5 Å². The van der Waals surface area contributed by atoms with Crippen molar-refractivity contribution in [3.05, 3.63) is 18.5 Å². The molecule has 9 heteroatoms. The van der Waals surface area contributed by atoms with Crippen LogP contribution in [0.4, 0.5) is 5.95 Å². The fraction of sp³-hybridized carbons (Fsp3) is 0.643. The zero-order valence-corrected chi connectivity index (χ0v) is 14.5. The topological polar surface area (TPSA) is 90.8 Å². The molecule has 8 nitrogen and oxygen atoms in total. The van der Waals surface area contributed by atoms with E-state index >= 15 is 0 Å². The molecule has 1 fully saturated rings. The van der Waals surface area contributed by atoms with Gasteiger partial charge in [0.15, 0.2) is 15.8 Å². The highest BCUT2D eigenvalue weighted by molar-refractivity contribution is 7.91. The van der Waals surface area contributed by atoms with Crippen LogP contribution in [0.5, 0.6) is 0 Å². The summed E-state index contributed by atoms with van der Waals surface area (Å²) in [6, 6.07) is 1.80. The van der Waals surface area contributed by atoms with Gasteiger partial charge in [-0.1, -0.05) is 6.92 Å². The van der Waals surface area contributed by atoms with E-state index in [4.69, 9.17) is 0 Å². The predicted octanol–water partition coefficient (Wildman–Crippen LogP) is -0.391. The van der Waals surface area contributed by atoms with Crippen molar-refractivity contribution in [2.45, 2.75) is 6.92 Å². The lowest BCUT2D eigenvalue weighted by Crippen LogP contribution is -2.53. The molecule has 0 unspecified atom stereocenters. The molecule has 1 aliphatic rings. The zero-order chi connectivity index (χ0) is 16.7. The summed E-state index contributed by atoms with van der Waals surface area (Å²) in [6.45, 7) is 5.23. The molecule has 128 valence electrons. The summed E-state index contributed by atoms with van der Waals surface area (Å²) in [5.74, 6) is 1.78. The van der Waals surface area contributed by atoms with Gasteiger partial charge in [-0.25, -0.2) is 18.4 Å². The van der Waals surface area contributed by atoms with Gasteiger partial charge in [0.05, 0.1) is 5.75 Å². The number of guanidine groups is 1. The Morgan fingerprint density at radius 1 is 1.26 bits per heavy atom. The highest BCUT2D eigenvalue weighted by Crippen LogP contribution is 2.09. The summed E-state index contributed by atoms with van der Waals surface area (Å²) in [7, 11) is -1.25. The molecule has 0 bridgehead atoms. The molecule has 0 aromatic carbocycles. The third kappa shape index (κ3) is 5.05. The van der Waals surface area contributed by atoms with E-state index in [0.717, 1.165) is 38.1 Å². The van der Waals surface area contributed by atoms with Crippen molar-refractivity contribution in [1.82, 2.24) is 20.2 Å². The van der Waals surface area contributed by atoms with Gasteiger partial charge in [-0.05, 0) is 6.07 Å². The van der Waals surface area contributed by atoms with Crippen molar-refractivity contribution in [3.63, 3.8) is 0 Å². The average Bonchev–Trinajstić information content (AvgIpc) is 2.60. The summed E-state index contributed by atoms with van der Waals surface area (Å²) in [4.78, 5) is 17.0. The largest absolute Gasteiger partial charge is 0.355 e. The Balaban J connectivity index is 1.83. The number of nitrogens with zero attached hydrogens (tertiary/aromatic N) is 5. The van der Waals surface area contributed by atoms with Gasteiger partial charge in [0.25, 0.3) is 0 Å². The van der Waals surface area contributed by atoms with Crippen molar-refractivity contribution in [2.24, 2.45) is 4.99 Å². The molecule has 2 rings (SSSR count). The van der Waals surface area contributed by atoms with Crippen LogP contribution in [0.3, 0.4) is 0 Å². The number of hydrogen-bond donors (Lipinski definition) is 1. The van der Waals surface area contributed by atoms with Gasteiger partial charge in [-0.15, -0.1) is 0 Å². The van der Waals surface area contributed by atoms with Crippen molar-refractivity contribution in [3.8, 4) is 0 Å². The minimum absolute atomic E-state index is 0.125. The number of aliphatic imine (C=N–C) groups is 1. The van der Waals surface area contributed by atoms with Gasteiger partial charge >= 0.3 is 0 Å². The van der Waals surface area contributed by atoms with Crippen LogP contribution in [-0.2, 0) is 9.84 Å². The van der Waals surface area contributed by atoms with Crippen LogP contribution in [0.15, 0.2) is 23.5 Å². The van der Waals surface area contributed by atoms with Gasteiger partial charge in [0.2, 0.25) is 5.95 Å². The van der Waals surface area contributed by atoms with Crippen LogP contribution in [0, 0.1) is 0 Å². The molecule has 2 heterocycles. The Labute approximate surface area is 137 Å². The van der Waals surface area contributed by atoms with E-state index in [2.05, 4.69) is 30.1 Å². The first-order valence-electron chi connectivity index (χ1n) is 7.73. The Hall–Kier alpha value is -1.90. The number of aromatic nitrogens is 2. The molecule has 1 aliphatic heterocycles. The van der Waals surface area contributed by atoms with Crippen LogP contribution >= 0.6 is 0 Å². The Morgan fingerprint density at radius 2 is 1.91 bits per heavy atom. The van der Waals surface area contributed by atoms with Gasteiger partial charge in [-0.2, -0.15) is 0 Å². The second-order valence-corrected chi connectivity index (χ2v) is 7.71. The Morgan fingerprint density at radius 3 is 2.48 bits per heavy atom. The molecule has 1 saturated heterocycles. The van der Waals surface area contributed by atoms with Crippen molar-refractivity contribution < 1.29 is 8.42 Å². The number of hydrogen-bond acceptors (Lipinski definition) is 6. The second kappa shape index (κ2) is 8.09. The van der Waals surface area contributed by atoms with Gasteiger partial charge in [-0.3, -0.25) is 4.99 Å². The third-order valence-corrected chi connectivity index (χ3v) is 5.47. The van der Waals surface area contributed by atoms with E-state index in [0.29, 0.717) is 6.54 Å². The zero-order valence-electron chi connectivity index (χ0n) is 13.6. The van der Waals surface area contributed by atoms with E-state index < -0.39 is 9.84 Å². The molecule has 0 spiro atoms. The predicted molar refractivity (Wildman–Crippen MR) is 91.5 cm³/mol. The molecular weight excluding hydrogens is 316 g/mol. The SMILES string of the molecule is CCS(=O)(=O)CCNC(=NC)N1CCN(c2ncccn2)CC1. The molecule has 23 heavy (non-hydrogen) atoms. The summed E-state index contributed by atoms with van der Waals surface area (Å²) in [5, 5.41) is 3.13. The van der Waals surface area contributed by atoms with Crippen LogP contribution in [0.2, 0.25) is 0 Å². The van der Waals surface area contributed by atoms with Gasteiger partial charge < -0.3 is 15.1 Å². The lowest BCUT2D eigenvalue weighted by atomic mass is 10.3. The van der Waals surface area contributed by atoms with Gasteiger partial charge in [0.1, 0.15) is 0 Å². The minimum atomic E-state index is -2.96. The van der Waals surface area contributed by atoms with Crippen LogP contribution < -0.4 is 10.2 Å². The molecule has 0 saturated carbocycles. The van der Waals surface area contributed by atoms with Crippen molar-refractivity contribution in [1.29, 1.82) is 0 Å². The fourth-order valence-electron chi connectivity index (χ4n) is 2.37. The third-order valence-electron chi connectivity index (χ3n) is 3.76. The van der Waals surface area contributed by atoms with E-state index in [1.165, 1.54) is 0 Å². The lowest BCUT2D eigenvalue weighted by Gasteiger charge is -2.36.